The fourth-order valence-corrected chi connectivity index (χ4v) is 4.03. The molecular formula is C24H24N2O3S. The van der Waals surface area contributed by atoms with E-state index in [0.717, 1.165) is 16.7 Å². The van der Waals surface area contributed by atoms with Crippen molar-refractivity contribution in [3.8, 4) is 0 Å². The molecule has 6 heteroatoms. The minimum atomic E-state index is -3.70. The Morgan fingerprint density at radius 1 is 0.900 bits per heavy atom. The highest BCUT2D eigenvalue weighted by atomic mass is 32.2. The number of hydrogen-bond acceptors (Lipinski definition) is 4. The number of sulfonamides is 1. The zero-order valence-corrected chi connectivity index (χ0v) is 17.6. The van der Waals surface area contributed by atoms with Crippen molar-refractivity contribution in [1.82, 2.24) is 4.31 Å². The molecule has 0 spiro atoms. The van der Waals surface area contributed by atoms with E-state index in [9.17, 15) is 8.42 Å². The molecule has 3 aromatic carbocycles. The lowest BCUT2D eigenvalue weighted by molar-refractivity contribution is 0.176. The van der Waals surface area contributed by atoms with E-state index < -0.39 is 10.0 Å². The second-order valence-corrected chi connectivity index (χ2v) is 8.57. The molecule has 0 saturated heterocycles. The molecule has 5 nitrogen and oxygen atoms in total. The first-order chi connectivity index (χ1) is 14.6. The molecule has 0 aliphatic rings. The van der Waals surface area contributed by atoms with E-state index in [1.807, 2.05) is 67.6 Å². The first-order valence-electron chi connectivity index (χ1n) is 9.55. The molecule has 0 unspecified atom stereocenters. The number of aryl methyl sites for hydroxylation is 1. The predicted molar refractivity (Wildman–Crippen MR) is 119 cm³/mol. The fourth-order valence-electron chi connectivity index (χ4n) is 2.71. The summed E-state index contributed by atoms with van der Waals surface area (Å²) < 4.78 is 27.6. The van der Waals surface area contributed by atoms with Gasteiger partial charge in [-0.15, -0.1) is 0 Å². The van der Waals surface area contributed by atoms with E-state index in [1.54, 1.807) is 36.6 Å². The first kappa shape index (κ1) is 21.3. The zero-order chi connectivity index (χ0) is 21.2. The second-order valence-electron chi connectivity index (χ2n) is 6.67. The third-order valence-electron chi connectivity index (χ3n) is 4.33. The monoisotopic (exact) mass is 420 g/mol. The molecule has 30 heavy (non-hydrogen) atoms. The van der Waals surface area contributed by atoms with Crippen LogP contribution in [0.1, 0.15) is 16.7 Å². The van der Waals surface area contributed by atoms with Gasteiger partial charge in [0.1, 0.15) is 6.61 Å². The van der Waals surface area contributed by atoms with Crippen LogP contribution in [0.15, 0.2) is 107 Å². The van der Waals surface area contributed by atoms with Gasteiger partial charge in [-0.25, -0.2) is 8.42 Å². The van der Waals surface area contributed by atoms with E-state index in [0.29, 0.717) is 0 Å². The predicted octanol–water partition coefficient (Wildman–Crippen LogP) is 4.75. The Kier molecular flexibility index (Phi) is 7.40. The van der Waals surface area contributed by atoms with Gasteiger partial charge in [0.05, 0.1) is 17.7 Å². The van der Waals surface area contributed by atoms with Crippen molar-refractivity contribution >= 4 is 16.2 Å². The summed E-state index contributed by atoms with van der Waals surface area (Å²) in [5.41, 5.74) is 2.82. The highest BCUT2D eigenvalue weighted by Crippen LogP contribution is 2.19. The molecule has 0 fully saturated rings. The lowest BCUT2D eigenvalue weighted by atomic mass is 10.2. The Bertz CT molecular complexity index is 1080. The van der Waals surface area contributed by atoms with Gasteiger partial charge < -0.3 is 4.84 Å². The molecule has 0 aliphatic heterocycles. The fraction of sp³-hybridized carbons (Fsp3) is 0.125. The van der Waals surface area contributed by atoms with Gasteiger partial charge in [-0.1, -0.05) is 83.5 Å². The van der Waals surface area contributed by atoms with Gasteiger partial charge in [0.2, 0.25) is 0 Å². The molecule has 0 amide bonds. The van der Waals surface area contributed by atoms with E-state index >= 15 is 0 Å². The summed E-state index contributed by atoms with van der Waals surface area (Å²) in [6.07, 6.45) is 4.77. The Hall–Kier alpha value is -3.38. The summed E-state index contributed by atoms with van der Waals surface area (Å²) >= 11 is 0. The molecule has 0 saturated carbocycles. The van der Waals surface area contributed by atoms with Crippen LogP contribution in [0.25, 0.3) is 0 Å². The van der Waals surface area contributed by atoms with Crippen LogP contribution in [0.5, 0.6) is 0 Å². The topological polar surface area (TPSA) is 59.0 Å². The summed E-state index contributed by atoms with van der Waals surface area (Å²) in [6, 6.07) is 25.9. The van der Waals surface area contributed by atoms with Crippen LogP contribution in [0, 0.1) is 6.92 Å². The SMILES string of the molecule is Cc1ccc(S(=O)(=O)N(C=CCO/N=C/c2ccccc2)Cc2ccccc2)cc1. The maximum absolute atomic E-state index is 13.2. The average molecular weight is 421 g/mol. The summed E-state index contributed by atoms with van der Waals surface area (Å²) in [6.45, 7) is 2.30. The molecule has 0 bridgehead atoms. The van der Waals surface area contributed by atoms with Gasteiger partial charge in [-0.05, 0) is 36.3 Å². The number of rotatable bonds is 9. The normalized spacial score (nSPS) is 11.8. The van der Waals surface area contributed by atoms with Gasteiger partial charge in [-0.2, -0.15) is 0 Å². The number of benzene rings is 3. The zero-order valence-electron chi connectivity index (χ0n) is 16.8. The summed E-state index contributed by atoms with van der Waals surface area (Å²) in [5, 5.41) is 3.91. The Labute approximate surface area is 178 Å². The van der Waals surface area contributed by atoms with E-state index in [4.69, 9.17) is 4.84 Å². The van der Waals surface area contributed by atoms with Crippen molar-refractivity contribution in [1.29, 1.82) is 0 Å². The van der Waals surface area contributed by atoms with Crippen LogP contribution in [0.3, 0.4) is 0 Å². The van der Waals surface area contributed by atoms with Crippen molar-refractivity contribution in [3.05, 3.63) is 114 Å². The van der Waals surface area contributed by atoms with Gasteiger partial charge in [-0.3, -0.25) is 4.31 Å². The van der Waals surface area contributed by atoms with E-state index in [1.165, 1.54) is 10.5 Å². The van der Waals surface area contributed by atoms with Gasteiger partial charge >= 0.3 is 0 Å². The average Bonchev–Trinajstić information content (AvgIpc) is 2.77. The van der Waals surface area contributed by atoms with Crippen molar-refractivity contribution < 1.29 is 13.3 Å². The molecule has 0 atom stereocenters. The van der Waals surface area contributed by atoms with E-state index in [-0.39, 0.29) is 18.0 Å². The van der Waals surface area contributed by atoms with Crippen molar-refractivity contribution in [2.45, 2.75) is 18.4 Å². The molecule has 3 aromatic rings. The minimum absolute atomic E-state index is 0.151. The molecule has 0 aromatic heterocycles. The number of hydrogen-bond donors (Lipinski definition) is 0. The molecule has 0 aliphatic carbocycles. The van der Waals surface area contributed by atoms with Crippen LogP contribution in [0.2, 0.25) is 0 Å². The third-order valence-corrected chi connectivity index (χ3v) is 6.06. The highest BCUT2D eigenvalue weighted by Gasteiger charge is 2.21. The Balaban J connectivity index is 1.71. The molecule has 154 valence electrons. The van der Waals surface area contributed by atoms with Crippen LogP contribution in [-0.2, 0) is 21.4 Å². The summed E-state index contributed by atoms with van der Waals surface area (Å²) in [7, 11) is -3.70. The van der Waals surface area contributed by atoms with Crippen LogP contribution in [0.4, 0.5) is 0 Å². The van der Waals surface area contributed by atoms with Crippen molar-refractivity contribution in [3.63, 3.8) is 0 Å². The maximum atomic E-state index is 13.2. The smallest absolute Gasteiger partial charge is 0.264 e. The number of nitrogens with zero attached hydrogens (tertiary/aromatic N) is 2. The van der Waals surface area contributed by atoms with Crippen LogP contribution >= 0.6 is 0 Å². The first-order valence-corrected chi connectivity index (χ1v) is 11.0. The maximum Gasteiger partial charge on any atom is 0.264 e. The lowest BCUT2D eigenvalue weighted by Gasteiger charge is -2.21. The quantitative estimate of drug-likeness (QED) is 0.285. The summed E-state index contributed by atoms with van der Waals surface area (Å²) in [4.78, 5) is 5.48. The molecule has 0 N–H and O–H groups in total. The molecule has 0 radical (unpaired) electrons. The minimum Gasteiger partial charge on any atom is -0.391 e. The molecular weight excluding hydrogens is 396 g/mol. The third kappa shape index (κ3) is 6.06. The van der Waals surface area contributed by atoms with Crippen LogP contribution in [-0.4, -0.2) is 25.5 Å². The molecule has 3 rings (SSSR count). The van der Waals surface area contributed by atoms with E-state index in [2.05, 4.69) is 5.16 Å². The van der Waals surface area contributed by atoms with Crippen molar-refractivity contribution in [2.24, 2.45) is 5.16 Å². The molecule has 0 heterocycles. The lowest BCUT2D eigenvalue weighted by Crippen LogP contribution is -2.25. The standard InChI is InChI=1S/C24H24N2O3S/c1-21-13-15-24(16-14-21)30(27,28)26(20-23-11-6-3-7-12-23)17-8-18-29-25-19-22-9-4-2-5-10-22/h2-17,19H,18,20H2,1H3/b17-8?,25-19+. The number of oxime groups is 1. The van der Waals surface area contributed by atoms with Gasteiger partial charge in [0.15, 0.2) is 0 Å². The highest BCUT2D eigenvalue weighted by molar-refractivity contribution is 7.89. The Morgan fingerprint density at radius 3 is 2.20 bits per heavy atom. The van der Waals surface area contributed by atoms with Gasteiger partial charge in [0, 0.05) is 6.20 Å². The van der Waals surface area contributed by atoms with Gasteiger partial charge in [0.25, 0.3) is 10.0 Å². The largest absolute Gasteiger partial charge is 0.391 e. The Morgan fingerprint density at radius 2 is 1.53 bits per heavy atom. The van der Waals surface area contributed by atoms with Crippen molar-refractivity contribution in [2.75, 3.05) is 6.61 Å². The van der Waals surface area contributed by atoms with Crippen LogP contribution < -0.4 is 0 Å². The summed E-state index contributed by atoms with van der Waals surface area (Å²) in [5.74, 6) is 0. The second kappa shape index (κ2) is 10.4.